The second-order valence-electron chi connectivity index (χ2n) is 10.7. The van der Waals surface area contributed by atoms with Crippen LogP contribution in [0.1, 0.15) is 49.8 Å². The van der Waals surface area contributed by atoms with E-state index in [0.717, 1.165) is 41.4 Å². The molecular weight excluding hydrogens is 436 g/mol. The van der Waals surface area contributed by atoms with Gasteiger partial charge >= 0.3 is 0 Å². The Labute approximate surface area is 196 Å². The molecule has 4 aliphatic carbocycles. The van der Waals surface area contributed by atoms with E-state index >= 15 is 0 Å². The maximum Gasteiger partial charge on any atom is 0.243 e. The van der Waals surface area contributed by atoms with Crippen LogP contribution in [0.5, 0.6) is 5.75 Å². The largest absolute Gasteiger partial charge is 0.497 e. The summed E-state index contributed by atoms with van der Waals surface area (Å²) in [5, 5.41) is 3.69. The lowest BCUT2D eigenvalue weighted by molar-refractivity contribution is -0.0444. The minimum Gasteiger partial charge on any atom is -0.497 e. The van der Waals surface area contributed by atoms with Crippen LogP contribution in [0.15, 0.2) is 35.5 Å². The first-order valence-electron chi connectivity index (χ1n) is 12.1. The van der Waals surface area contributed by atoms with Gasteiger partial charge in [-0.15, -0.1) is 0 Å². The molecule has 0 spiro atoms. The maximum absolute atomic E-state index is 13.2. The van der Waals surface area contributed by atoms with Crippen LogP contribution in [0.4, 0.5) is 5.82 Å². The van der Waals surface area contributed by atoms with E-state index in [-0.39, 0.29) is 11.4 Å². The summed E-state index contributed by atoms with van der Waals surface area (Å²) in [6.45, 7) is 1.67. The van der Waals surface area contributed by atoms with Crippen LogP contribution in [-0.4, -0.2) is 42.9 Å². The molecule has 1 aromatic carbocycles. The monoisotopic (exact) mass is 468 g/mol. The zero-order valence-corrected chi connectivity index (χ0v) is 20.0. The smallest absolute Gasteiger partial charge is 0.243 e. The molecule has 5 aliphatic rings. The molecule has 4 saturated carbocycles. The van der Waals surface area contributed by atoms with Crippen molar-refractivity contribution in [3.05, 3.63) is 41.9 Å². The minimum absolute atomic E-state index is 0.250. The third kappa shape index (κ3) is 3.81. The van der Waals surface area contributed by atoms with E-state index < -0.39 is 10.0 Å². The summed E-state index contributed by atoms with van der Waals surface area (Å²) in [6, 6.07) is 6.65. The van der Waals surface area contributed by atoms with Gasteiger partial charge in [0.2, 0.25) is 10.0 Å². The second kappa shape index (κ2) is 7.94. The molecule has 0 unspecified atom stereocenters. The summed E-state index contributed by atoms with van der Waals surface area (Å²) in [7, 11) is -2.08. The van der Waals surface area contributed by atoms with Crippen LogP contribution in [-0.2, 0) is 23.0 Å². The van der Waals surface area contributed by atoms with Gasteiger partial charge in [0.15, 0.2) is 0 Å². The Morgan fingerprint density at radius 3 is 2.55 bits per heavy atom. The van der Waals surface area contributed by atoms with E-state index in [2.05, 4.69) is 15.3 Å². The molecule has 1 aromatic heterocycles. The molecule has 0 amide bonds. The standard InChI is InChI=1S/C25H32N4O3S/c1-32-20-3-2-4-21(10-20)33(30,31)29-6-5-22-23(14-29)27-16-28-24(22)26-15-25-11-17-7-18(12-25)9-19(8-17)13-25/h2-4,10,16-19H,5-9,11-15H2,1H3,(H,26,27,28). The molecule has 176 valence electrons. The molecule has 4 bridgehead atoms. The number of hydrogen-bond acceptors (Lipinski definition) is 6. The van der Waals surface area contributed by atoms with E-state index in [1.165, 1.54) is 49.9 Å². The quantitative estimate of drug-likeness (QED) is 0.693. The normalized spacial score (nSPS) is 30.8. The van der Waals surface area contributed by atoms with Gasteiger partial charge in [0.05, 0.1) is 24.2 Å². The Morgan fingerprint density at radius 2 is 1.85 bits per heavy atom. The summed E-state index contributed by atoms with van der Waals surface area (Å²) in [4.78, 5) is 9.28. The number of anilines is 1. The number of nitrogens with one attached hydrogen (secondary N) is 1. The van der Waals surface area contributed by atoms with Crippen LogP contribution in [0.3, 0.4) is 0 Å². The molecule has 7 nitrogen and oxygen atoms in total. The zero-order valence-electron chi connectivity index (χ0n) is 19.2. The van der Waals surface area contributed by atoms with Crippen LogP contribution < -0.4 is 10.1 Å². The summed E-state index contributed by atoms with van der Waals surface area (Å²) in [5.74, 6) is 4.20. The van der Waals surface area contributed by atoms with E-state index in [1.807, 2.05) is 0 Å². The van der Waals surface area contributed by atoms with Crippen molar-refractivity contribution in [2.75, 3.05) is 25.5 Å². The molecule has 33 heavy (non-hydrogen) atoms. The number of aromatic nitrogens is 2. The van der Waals surface area contributed by atoms with E-state index in [0.29, 0.717) is 24.1 Å². The predicted molar refractivity (Wildman–Crippen MR) is 125 cm³/mol. The van der Waals surface area contributed by atoms with Gasteiger partial charge in [-0.3, -0.25) is 0 Å². The summed E-state index contributed by atoms with van der Waals surface area (Å²) in [6.07, 6.45) is 10.6. The third-order valence-corrected chi connectivity index (χ3v) is 10.3. The SMILES string of the molecule is COc1cccc(S(=O)(=O)N2CCc3c(ncnc3NCC34CC5CC(CC(C5)C3)C4)C2)c1. The molecule has 0 radical (unpaired) electrons. The van der Waals surface area contributed by atoms with Crippen LogP contribution in [0, 0.1) is 23.2 Å². The van der Waals surface area contributed by atoms with Gasteiger partial charge in [-0.05, 0) is 80.2 Å². The lowest BCUT2D eigenvalue weighted by Gasteiger charge is -2.57. The number of rotatable bonds is 6. The molecule has 1 N–H and O–H groups in total. The second-order valence-corrected chi connectivity index (χ2v) is 12.6. The van der Waals surface area contributed by atoms with E-state index in [4.69, 9.17) is 4.74 Å². The first-order chi connectivity index (χ1) is 15.9. The zero-order chi connectivity index (χ0) is 22.6. The van der Waals surface area contributed by atoms with Crippen LogP contribution >= 0.6 is 0 Å². The number of benzene rings is 1. The van der Waals surface area contributed by atoms with Crippen molar-refractivity contribution in [2.24, 2.45) is 23.2 Å². The average molecular weight is 469 g/mol. The lowest BCUT2D eigenvalue weighted by Crippen LogP contribution is -2.49. The highest BCUT2D eigenvalue weighted by Crippen LogP contribution is 2.59. The van der Waals surface area contributed by atoms with Crippen molar-refractivity contribution in [1.82, 2.24) is 14.3 Å². The molecule has 1 aliphatic heterocycles. The van der Waals surface area contributed by atoms with Gasteiger partial charge in [-0.25, -0.2) is 18.4 Å². The molecule has 0 atom stereocenters. The van der Waals surface area contributed by atoms with Crippen molar-refractivity contribution < 1.29 is 13.2 Å². The molecule has 8 heteroatoms. The maximum atomic E-state index is 13.2. The van der Waals surface area contributed by atoms with Gasteiger partial charge in [-0.1, -0.05) is 6.07 Å². The Bertz CT molecular complexity index is 1130. The van der Waals surface area contributed by atoms with Crippen LogP contribution in [0.2, 0.25) is 0 Å². The number of nitrogens with zero attached hydrogens (tertiary/aromatic N) is 3. The van der Waals surface area contributed by atoms with Crippen molar-refractivity contribution >= 4 is 15.8 Å². The number of fused-ring (bicyclic) bond motifs is 1. The van der Waals surface area contributed by atoms with Crippen molar-refractivity contribution in [2.45, 2.75) is 56.4 Å². The Balaban J connectivity index is 1.19. The molecule has 2 heterocycles. The van der Waals surface area contributed by atoms with Gasteiger partial charge in [-0.2, -0.15) is 4.31 Å². The predicted octanol–water partition coefficient (Wildman–Crippen LogP) is 3.86. The highest BCUT2D eigenvalue weighted by Gasteiger charge is 2.50. The van der Waals surface area contributed by atoms with E-state index in [1.54, 1.807) is 30.6 Å². The topological polar surface area (TPSA) is 84.4 Å². The number of ether oxygens (including phenoxy) is 1. The van der Waals surface area contributed by atoms with Gasteiger partial charge < -0.3 is 10.1 Å². The van der Waals surface area contributed by atoms with Crippen molar-refractivity contribution in [3.8, 4) is 5.75 Å². The Kier molecular flexibility index (Phi) is 5.14. The molecule has 7 rings (SSSR count). The Morgan fingerprint density at radius 1 is 1.12 bits per heavy atom. The summed E-state index contributed by atoms with van der Waals surface area (Å²) < 4.78 is 33.2. The lowest BCUT2D eigenvalue weighted by atomic mass is 9.49. The third-order valence-electron chi connectivity index (χ3n) is 8.45. The summed E-state index contributed by atoms with van der Waals surface area (Å²) >= 11 is 0. The average Bonchev–Trinajstić information content (AvgIpc) is 2.81. The van der Waals surface area contributed by atoms with Gasteiger partial charge in [0, 0.05) is 24.7 Å². The molecule has 2 aromatic rings. The molecule has 4 fully saturated rings. The minimum atomic E-state index is -3.62. The van der Waals surface area contributed by atoms with Crippen molar-refractivity contribution in [1.29, 1.82) is 0 Å². The van der Waals surface area contributed by atoms with Gasteiger partial charge in [0.25, 0.3) is 0 Å². The van der Waals surface area contributed by atoms with Crippen molar-refractivity contribution in [3.63, 3.8) is 0 Å². The number of sulfonamides is 1. The first kappa shape index (κ1) is 21.4. The fourth-order valence-corrected chi connectivity index (χ4v) is 8.81. The Hall–Kier alpha value is -2.19. The fourth-order valence-electron chi connectivity index (χ4n) is 7.38. The fraction of sp³-hybridized carbons (Fsp3) is 0.600. The molecular formula is C25H32N4O3S. The highest BCUT2D eigenvalue weighted by atomic mass is 32.2. The van der Waals surface area contributed by atoms with Crippen LogP contribution in [0.25, 0.3) is 0 Å². The van der Waals surface area contributed by atoms with Gasteiger partial charge in [0.1, 0.15) is 17.9 Å². The first-order valence-corrected chi connectivity index (χ1v) is 13.6. The molecule has 0 saturated heterocycles. The van der Waals surface area contributed by atoms with E-state index in [9.17, 15) is 8.42 Å². The highest BCUT2D eigenvalue weighted by molar-refractivity contribution is 7.89. The number of methoxy groups -OCH3 is 1. The summed E-state index contributed by atoms with van der Waals surface area (Å²) in [5.41, 5.74) is 2.29. The number of hydrogen-bond donors (Lipinski definition) is 1.